The Bertz CT molecular complexity index is 864. The van der Waals surface area contributed by atoms with Gasteiger partial charge in [0, 0.05) is 12.0 Å². The second-order valence-electron chi connectivity index (χ2n) is 8.66. The van der Waals surface area contributed by atoms with Crippen molar-refractivity contribution in [2.45, 2.75) is 69.8 Å². The summed E-state index contributed by atoms with van der Waals surface area (Å²) in [5.74, 6) is -0.254. The van der Waals surface area contributed by atoms with E-state index in [4.69, 9.17) is 9.47 Å². The lowest BCUT2D eigenvalue weighted by molar-refractivity contribution is -0.165. The van der Waals surface area contributed by atoms with Gasteiger partial charge in [-0.1, -0.05) is 12.8 Å². The second-order valence-corrected chi connectivity index (χ2v) is 8.66. The molecule has 0 aromatic heterocycles. The zero-order valence-corrected chi connectivity index (χ0v) is 17.3. The van der Waals surface area contributed by atoms with Crippen molar-refractivity contribution in [1.29, 1.82) is 5.26 Å². The molecule has 0 amide bonds. The number of benzene rings is 1. The Labute approximate surface area is 171 Å². The molecule has 1 unspecified atom stereocenters. The number of aliphatic hydroxyl groups is 1. The van der Waals surface area contributed by atoms with Crippen LogP contribution in [0.4, 0.5) is 4.39 Å². The van der Waals surface area contributed by atoms with Crippen molar-refractivity contribution >= 4 is 5.97 Å². The van der Waals surface area contributed by atoms with Gasteiger partial charge < -0.3 is 14.6 Å². The van der Waals surface area contributed by atoms with Gasteiger partial charge in [0.15, 0.2) is 0 Å². The standard InChI is InChI=1S/C23H28FNO4/c1-22(2,14-25)18-12-20(28-3)15(10-19(18)24)8-9-23(16-6-4-5-7-16)13-17(26)11-21(27)29-23/h10-12,16,26H,4-9,13H2,1-3H3. The average molecular weight is 401 g/mol. The van der Waals surface area contributed by atoms with Crippen molar-refractivity contribution in [2.75, 3.05) is 7.11 Å². The summed E-state index contributed by atoms with van der Waals surface area (Å²) in [5.41, 5.74) is -0.810. The summed E-state index contributed by atoms with van der Waals surface area (Å²) < 4.78 is 26.1. The quantitative estimate of drug-likeness (QED) is 0.687. The number of nitriles is 1. The molecule has 1 aliphatic carbocycles. The molecule has 0 spiro atoms. The van der Waals surface area contributed by atoms with E-state index in [1.165, 1.54) is 13.2 Å². The van der Waals surface area contributed by atoms with Gasteiger partial charge in [-0.25, -0.2) is 9.18 Å². The van der Waals surface area contributed by atoms with Gasteiger partial charge in [0.25, 0.3) is 0 Å². The Kier molecular flexibility index (Phi) is 5.88. The summed E-state index contributed by atoms with van der Waals surface area (Å²) >= 11 is 0. The number of carbonyl (C=O) groups is 1. The van der Waals surface area contributed by atoms with E-state index in [-0.39, 0.29) is 23.7 Å². The summed E-state index contributed by atoms with van der Waals surface area (Å²) in [4.78, 5) is 12.0. The van der Waals surface area contributed by atoms with Gasteiger partial charge in [0.05, 0.1) is 24.7 Å². The first-order valence-corrected chi connectivity index (χ1v) is 10.1. The number of aliphatic hydroxyl groups excluding tert-OH is 1. The number of carbonyl (C=O) groups excluding carboxylic acids is 1. The van der Waals surface area contributed by atoms with Crippen LogP contribution in [0.5, 0.6) is 5.75 Å². The van der Waals surface area contributed by atoms with Crippen molar-refractivity contribution in [2.24, 2.45) is 5.92 Å². The van der Waals surface area contributed by atoms with Crippen LogP contribution >= 0.6 is 0 Å². The van der Waals surface area contributed by atoms with Crippen molar-refractivity contribution < 1.29 is 23.8 Å². The molecule has 6 heteroatoms. The number of rotatable bonds is 6. The van der Waals surface area contributed by atoms with Gasteiger partial charge in [-0.15, -0.1) is 0 Å². The number of cyclic esters (lactones) is 1. The third-order valence-electron chi connectivity index (χ3n) is 6.31. The fourth-order valence-electron chi connectivity index (χ4n) is 4.65. The summed E-state index contributed by atoms with van der Waals surface area (Å²) in [5, 5.41) is 19.5. The van der Waals surface area contributed by atoms with Crippen LogP contribution in [0, 0.1) is 23.1 Å². The molecule has 3 rings (SSSR count). The zero-order chi connectivity index (χ0) is 21.2. The van der Waals surface area contributed by atoms with E-state index in [0.29, 0.717) is 24.2 Å². The molecule has 156 valence electrons. The van der Waals surface area contributed by atoms with Gasteiger partial charge in [0.1, 0.15) is 22.9 Å². The lowest BCUT2D eigenvalue weighted by atomic mass is 9.77. The van der Waals surface area contributed by atoms with Crippen LogP contribution in [0.15, 0.2) is 24.0 Å². The van der Waals surface area contributed by atoms with E-state index in [0.717, 1.165) is 31.8 Å². The van der Waals surface area contributed by atoms with Gasteiger partial charge in [-0.2, -0.15) is 5.26 Å². The predicted octanol–water partition coefficient (Wildman–Crippen LogP) is 4.89. The summed E-state index contributed by atoms with van der Waals surface area (Å²) in [6.45, 7) is 3.33. The average Bonchev–Trinajstić information content (AvgIpc) is 3.21. The summed E-state index contributed by atoms with van der Waals surface area (Å²) in [6.07, 6.45) is 6.36. The first-order valence-electron chi connectivity index (χ1n) is 10.1. The van der Waals surface area contributed by atoms with Crippen LogP contribution in [0.2, 0.25) is 0 Å². The number of nitrogens with zero attached hydrogens (tertiary/aromatic N) is 1. The van der Waals surface area contributed by atoms with Crippen LogP contribution in [-0.2, 0) is 21.4 Å². The van der Waals surface area contributed by atoms with Crippen molar-refractivity contribution in [3.8, 4) is 11.8 Å². The third kappa shape index (κ3) is 4.24. The summed E-state index contributed by atoms with van der Waals surface area (Å²) in [6, 6.07) is 5.12. The minimum Gasteiger partial charge on any atom is -0.512 e. The van der Waals surface area contributed by atoms with Crippen molar-refractivity contribution in [3.05, 3.63) is 40.9 Å². The molecular formula is C23H28FNO4. The third-order valence-corrected chi connectivity index (χ3v) is 6.31. The smallest absolute Gasteiger partial charge is 0.334 e. The normalized spacial score (nSPS) is 22.7. The fraction of sp³-hybridized carbons (Fsp3) is 0.565. The number of esters is 1. The topological polar surface area (TPSA) is 79.5 Å². The van der Waals surface area contributed by atoms with E-state index < -0.39 is 22.8 Å². The number of methoxy groups -OCH3 is 1. The molecule has 1 atom stereocenters. The van der Waals surface area contributed by atoms with E-state index in [1.54, 1.807) is 19.9 Å². The van der Waals surface area contributed by atoms with Crippen LogP contribution in [0.3, 0.4) is 0 Å². The molecule has 1 heterocycles. The molecule has 0 saturated heterocycles. The molecular weight excluding hydrogens is 373 g/mol. The Morgan fingerprint density at radius 3 is 2.66 bits per heavy atom. The SMILES string of the molecule is COc1cc(C(C)(C)C#N)c(F)cc1CCC1(C2CCCC2)CC(O)=CC(=O)O1. The van der Waals surface area contributed by atoms with Gasteiger partial charge in [0.2, 0.25) is 0 Å². The highest BCUT2D eigenvalue weighted by Gasteiger charge is 2.46. The van der Waals surface area contributed by atoms with Crippen LogP contribution < -0.4 is 4.74 Å². The highest BCUT2D eigenvalue weighted by Crippen LogP contribution is 2.45. The largest absolute Gasteiger partial charge is 0.512 e. The predicted molar refractivity (Wildman–Crippen MR) is 106 cm³/mol. The molecule has 2 aliphatic rings. The number of aryl methyl sites for hydroxylation is 1. The van der Waals surface area contributed by atoms with Crippen LogP contribution in [-0.4, -0.2) is 23.8 Å². The molecule has 5 nitrogen and oxygen atoms in total. The Morgan fingerprint density at radius 2 is 2.07 bits per heavy atom. The number of hydrogen-bond donors (Lipinski definition) is 1. The minimum atomic E-state index is -0.976. The van der Waals surface area contributed by atoms with E-state index in [9.17, 15) is 19.6 Å². The Balaban J connectivity index is 1.90. The molecule has 0 bridgehead atoms. The molecule has 0 radical (unpaired) electrons. The Hall–Kier alpha value is -2.55. The first-order chi connectivity index (χ1) is 13.7. The Morgan fingerprint density at radius 1 is 1.38 bits per heavy atom. The number of ether oxygens (including phenoxy) is 2. The maximum Gasteiger partial charge on any atom is 0.334 e. The molecule has 29 heavy (non-hydrogen) atoms. The minimum absolute atomic E-state index is 0.0393. The first kappa shape index (κ1) is 21.2. The molecule has 1 fully saturated rings. The van der Waals surface area contributed by atoms with Gasteiger partial charge in [-0.05, 0) is 63.1 Å². The van der Waals surface area contributed by atoms with E-state index in [2.05, 4.69) is 6.07 Å². The fourth-order valence-corrected chi connectivity index (χ4v) is 4.65. The highest BCUT2D eigenvalue weighted by atomic mass is 19.1. The molecule has 1 saturated carbocycles. The van der Waals surface area contributed by atoms with E-state index in [1.807, 2.05) is 0 Å². The number of halogens is 1. The maximum absolute atomic E-state index is 14.8. The van der Waals surface area contributed by atoms with Crippen LogP contribution in [0.25, 0.3) is 0 Å². The zero-order valence-electron chi connectivity index (χ0n) is 17.3. The second kappa shape index (κ2) is 8.06. The lowest BCUT2D eigenvalue weighted by Crippen LogP contribution is -2.44. The van der Waals surface area contributed by atoms with Crippen molar-refractivity contribution in [3.63, 3.8) is 0 Å². The van der Waals surface area contributed by atoms with Gasteiger partial charge in [-0.3, -0.25) is 0 Å². The molecule has 1 aliphatic heterocycles. The molecule has 1 aromatic rings. The highest BCUT2D eigenvalue weighted by molar-refractivity contribution is 5.83. The van der Waals surface area contributed by atoms with E-state index >= 15 is 0 Å². The number of hydrogen-bond acceptors (Lipinski definition) is 5. The van der Waals surface area contributed by atoms with Gasteiger partial charge >= 0.3 is 5.97 Å². The molecule has 1 N–H and O–H groups in total. The molecule has 1 aromatic carbocycles. The van der Waals surface area contributed by atoms with Crippen molar-refractivity contribution in [1.82, 2.24) is 0 Å². The monoisotopic (exact) mass is 401 g/mol. The lowest BCUT2D eigenvalue weighted by Gasteiger charge is -2.40. The van der Waals surface area contributed by atoms with Crippen LogP contribution in [0.1, 0.15) is 63.5 Å². The summed E-state index contributed by atoms with van der Waals surface area (Å²) in [7, 11) is 1.52. The maximum atomic E-state index is 14.8.